The fraction of sp³-hybridized carbons (Fsp3) is 0.600. The molecule has 0 saturated heterocycles. The van der Waals surface area contributed by atoms with Gasteiger partial charge in [0.15, 0.2) is 0 Å². The minimum absolute atomic E-state index is 0.250. The predicted octanol–water partition coefficient (Wildman–Crippen LogP) is 4.85. The van der Waals surface area contributed by atoms with E-state index in [1.54, 1.807) is 6.07 Å². The van der Waals surface area contributed by atoms with Gasteiger partial charge in [0, 0.05) is 29.2 Å². The molecule has 1 aromatic carbocycles. The van der Waals surface area contributed by atoms with Crippen molar-refractivity contribution in [1.82, 2.24) is 5.32 Å². The maximum absolute atomic E-state index is 6.23. The summed E-state index contributed by atoms with van der Waals surface area (Å²) < 4.78 is 5.54. The zero-order valence-electron chi connectivity index (χ0n) is 11.7. The first-order chi connectivity index (χ1) is 9.19. The Labute approximate surface area is 126 Å². The van der Waals surface area contributed by atoms with Gasteiger partial charge in [-0.15, -0.1) is 0 Å². The number of nitrogens with one attached hydrogen (secondary N) is 1. The Balaban J connectivity index is 2.40. The van der Waals surface area contributed by atoms with Gasteiger partial charge in [-0.2, -0.15) is 0 Å². The highest BCUT2D eigenvalue weighted by molar-refractivity contribution is 6.35. The molecule has 1 N–H and O–H groups in total. The van der Waals surface area contributed by atoms with Gasteiger partial charge >= 0.3 is 0 Å². The minimum Gasteiger partial charge on any atom is -0.380 e. The van der Waals surface area contributed by atoms with Crippen molar-refractivity contribution < 1.29 is 4.74 Å². The molecule has 1 rings (SSSR count). The lowest BCUT2D eigenvalue weighted by atomic mass is 10.0. The standard InChI is InChI=1S/C15H23Cl2NO/c1-3-5-9-19-10-8-18-15(4-2)13-7-6-12(16)11-14(13)17/h6-7,11,15,18H,3-5,8-10H2,1-2H3. The van der Waals surface area contributed by atoms with Crippen molar-refractivity contribution in [2.24, 2.45) is 0 Å². The van der Waals surface area contributed by atoms with Crippen LogP contribution in [0.1, 0.15) is 44.7 Å². The molecule has 1 unspecified atom stereocenters. The maximum atomic E-state index is 6.23. The highest BCUT2D eigenvalue weighted by Gasteiger charge is 2.12. The monoisotopic (exact) mass is 303 g/mol. The van der Waals surface area contributed by atoms with E-state index in [0.717, 1.165) is 43.2 Å². The van der Waals surface area contributed by atoms with Gasteiger partial charge in [0.2, 0.25) is 0 Å². The average molecular weight is 304 g/mol. The molecule has 0 spiro atoms. The zero-order chi connectivity index (χ0) is 14.1. The molecule has 0 heterocycles. The molecule has 0 saturated carbocycles. The van der Waals surface area contributed by atoms with Crippen LogP contribution in [-0.2, 0) is 4.74 Å². The Bertz CT molecular complexity index is 371. The molecule has 0 aliphatic rings. The third-order valence-corrected chi connectivity index (χ3v) is 3.59. The summed E-state index contributed by atoms with van der Waals surface area (Å²) in [6.45, 7) is 6.72. The molecule has 1 aromatic rings. The van der Waals surface area contributed by atoms with E-state index in [-0.39, 0.29) is 6.04 Å². The van der Waals surface area contributed by atoms with E-state index in [4.69, 9.17) is 27.9 Å². The van der Waals surface area contributed by atoms with E-state index in [0.29, 0.717) is 5.02 Å². The minimum atomic E-state index is 0.250. The number of hydrogen-bond donors (Lipinski definition) is 1. The molecule has 0 bridgehead atoms. The van der Waals surface area contributed by atoms with Crippen LogP contribution < -0.4 is 5.32 Å². The quantitative estimate of drug-likeness (QED) is 0.658. The zero-order valence-corrected chi connectivity index (χ0v) is 13.2. The van der Waals surface area contributed by atoms with Gasteiger partial charge < -0.3 is 10.1 Å². The van der Waals surface area contributed by atoms with Crippen LogP contribution in [0.15, 0.2) is 18.2 Å². The van der Waals surface area contributed by atoms with Crippen molar-refractivity contribution >= 4 is 23.2 Å². The first-order valence-corrected chi connectivity index (χ1v) is 7.70. The van der Waals surface area contributed by atoms with Gasteiger partial charge in [-0.05, 0) is 30.5 Å². The molecule has 108 valence electrons. The number of hydrogen-bond acceptors (Lipinski definition) is 2. The van der Waals surface area contributed by atoms with E-state index in [9.17, 15) is 0 Å². The highest BCUT2D eigenvalue weighted by Crippen LogP contribution is 2.27. The highest BCUT2D eigenvalue weighted by atomic mass is 35.5. The van der Waals surface area contributed by atoms with Crippen molar-refractivity contribution in [3.63, 3.8) is 0 Å². The van der Waals surface area contributed by atoms with Crippen LogP contribution in [0.3, 0.4) is 0 Å². The van der Waals surface area contributed by atoms with Gasteiger partial charge in [-0.25, -0.2) is 0 Å². The second-order valence-corrected chi connectivity index (χ2v) is 5.39. The summed E-state index contributed by atoms with van der Waals surface area (Å²) >= 11 is 12.1. The first-order valence-electron chi connectivity index (χ1n) is 6.95. The first kappa shape index (κ1) is 16.8. The van der Waals surface area contributed by atoms with E-state index in [2.05, 4.69) is 19.2 Å². The summed E-state index contributed by atoms with van der Waals surface area (Å²) in [5.74, 6) is 0. The van der Waals surface area contributed by atoms with E-state index < -0.39 is 0 Å². The van der Waals surface area contributed by atoms with Crippen LogP contribution in [0.5, 0.6) is 0 Å². The summed E-state index contributed by atoms with van der Waals surface area (Å²) in [5, 5.41) is 4.86. The number of ether oxygens (including phenoxy) is 1. The summed E-state index contributed by atoms with van der Waals surface area (Å²) in [5.41, 5.74) is 1.10. The van der Waals surface area contributed by atoms with Crippen molar-refractivity contribution in [3.8, 4) is 0 Å². The molecular formula is C15H23Cl2NO. The summed E-state index contributed by atoms with van der Waals surface area (Å²) in [6, 6.07) is 5.91. The third kappa shape index (κ3) is 6.13. The lowest BCUT2D eigenvalue weighted by Crippen LogP contribution is -2.25. The fourth-order valence-electron chi connectivity index (χ4n) is 1.91. The Morgan fingerprint density at radius 2 is 2.00 bits per heavy atom. The van der Waals surface area contributed by atoms with Gasteiger partial charge in [0.1, 0.15) is 0 Å². The average Bonchev–Trinajstić information content (AvgIpc) is 2.39. The molecule has 0 radical (unpaired) electrons. The van der Waals surface area contributed by atoms with Crippen LogP contribution in [0.4, 0.5) is 0 Å². The summed E-state index contributed by atoms with van der Waals surface area (Å²) in [6.07, 6.45) is 3.28. The van der Waals surface area contributed by atoms with Gasteiger partial charge in [-0.1, -0.05) is 49.5 Å². The van der Waals surface area contributed by atoms with Gasteiger partial charge in [0.25, 0.3) is 0 Å². The predicted molar refractivity (Wildman–Crippen MR) is 83.2 cm³/mol. The smallest absolute Gasteiger partial charge is 0.0591 e. The van der Waals surface area contributed by atoms with Crippen LogP contribution in [-0.4, -0.2) is 19.8 Å². The molecule has 0 fully saturated rings. The normalized spacial score (nSPS) is 12.6. The molecule has 19 heavy (non-hydrogen) atoms. The Kier molecular flexibility index (Phi) is 8.47. The molecule has 1 atom stereocenters. The number of benzene rings is 1. The third-order valence-electron chi connectivity index (χ3n) is 3.03. The molecule has 4 heteroatoms. The second kappa shape index (κ2) is 9.60. The molecular weight excluding hydrogens is 281 g/mol. The molecule has 0 aliphatic carbocycles. The van der Waals surface area contributed by atoms with Gasteiger partial charge in [-0.3, -0.25) is 0 Å². The second-order valence-electron chi connectivity index (χ2n) is 4.55. The van der Waals surface area contributed by atoms with Crippen molar-refractivity contribution in [1.29, 1.82) is 0 Å². The molecule has 2 nitrogen and oxygen atoms in total. The largest absolute Gasteiger partial charge is 0.380 e. The molecule has 0 aliphatic heterocycles. The Morgan fingerprint density at radius 1 is 1.21 bits per heavy atom. The van der Waals surface area contributed by atoms with E-state index in [1.165, 1.54) is 6.42 Å². The van der Waals surface area contributed by atoms with Crippen LogP contribution in [0, 0.1) is 0 Å². The fourth-order valence-corrected chi connectivity index (χ4v) is 2.45. The summed E-state index contributed by atoms with van der Waals surface area (Å²) in [7, 11) is 0. The van der Waals surface area contributed by atoms with Crippen LogP contribution in [0.2, 0.25) is 10.0 Å². The summed E-state index contributed by atoms with van der Waals surface area (Å²) in [4.78, 5) is 0. The number of rotatable bonds is 9. The lowest BCUT2D eigenvalue weighted by Gasteiger charge is -2.19. The van der Waals surface area contributed by atoms with Crippen molar-refractivity contribution in [2.75, 3.05) is 19.8 Å². The number of halogens is 2. The van der Waals surface area contributed by atoms with Crippen molar-refractivity contribution in [2.45, 2.75) is 39.2 Å². The maximum Gasteiger partial charge on any atom is 0.0591 e. The van der Waals surface area contributed by atoms with Crippen LogP contribution >= 0.6 is 23.2 Å². The Morgan fingerprint density at radius 3 is 2.63 bits per heavy atom. The van der Waals surface area contributed by atoms with Gasteiger partial charge in [0.05, 0.1) is 6.61 Å². The SMILES string of the molecule is CCCCOCCNC(CC)c1ccc(Cl)cc1Cl. The molecule has 0 aromatic heterocycles. The van der Waals surface area contributed by atoms with Crippen molar-refractivity contribution in [3.05, 3.63) is 33.8 Å². The van der Waals surface area contributed by atoms with Crippen LogP contribution in [0.25, 0.3) is 0 Å². The molecule has 0 amide bonds. The van der Waals surface area contributed by atoms with E-state index >= 15 is 0 Å². The number of unbranched alkanes of at least 4 members (excludes halogenated alkanes) is 1. The topological polar surface area (TPSA) is 21.3 Å². The lowest BCUT2D eigenvalue weighted by molar-refractivity contribution is 0.130. The van der Waals surface area contributed by atoms with E-state index in [1.807, 2.05) is 12.1 Å². The Hall–Kier alpha value is -0.280.